The zero-order chi connectivity index (χ0) is 19.1. The molecule has 0 aromatic heterocycles. The van der Waals surface area contributed by atoms with E-state index in [1.165, 1.54) is 55.2 Å². The van der Waals surface area contributed by atoms with Crippen LogP contribution in [0.25, 0.3) is 11.1 Å². The third-order valence-electron chi connectivity index (χ3n) is 5.65. The van der Waals surface area contributed by atoms with E-state index < -0.39 is 20.9 Å². The number of allylic oxidation sites excluding steroid dienone is 4. The normalized spacial score (nSPS) is 13.0. The second-order valence-electron chi connectivity index (χ2n) is 7.53. The molecule has 4 heteroatoms. The van der Waals surface area contributed by atoms with Gasteiger partial charge in [0.2, 0.25) is 0 Å². The molecule has 0 saturated carbocycles. The van der Waals surface area contributed by atoms with Gasteiger partial charge < -0.3 is 24.8 Å². The summed E-state index contributed by atoms with van der Waals surface area (Å²) in [4.78, 5) is 0. The fourth-order valence-electron chi connectivity index (χ4n) is 4.20. The third-order valence-corrected chi connectivity index (χ3v) is 22.1. The molecule has 0 N–H and O–H groups in total. The molecule has 0 radical (unpaired) electrons. The number of fused-ring (bicyclic) bond motifs is 3. The van der Waals surface area contributed by atoms with Crippen LogP contribution in [0.4, 0.5) is 0 Å². The number of hydrogen-bond acceptors (Lipinski definition) is 0. The maximum Gasteiger partial charge on any atom is -1.00 e. The van der Waals surface area contributed by atoms with E-state index in [-0.39, 0.29) is 31.5 Å². The second-order valence-corrected chi connectivity index (χ2v) is 22.9. The van der Waals surface area contributed by atoms with Gasteiger partial charge in [-0.05, 0) is 0 Å². The van der Waals surface area contributed by atoms with Crippen molar-refractivity contribution in [1.82, 2.24) is 0 Å². The van der Waals surface area contributed by atoms with Crippen LogP contribution in [0.3, 0.4) is 0 Å². The van der Waals surface area contributed by atoms with Gasteiger partial charge in [-0.2, -0.15) is 0 Å². The first-order chi connectivity index (χ1) is 13.3. The summed E-state index contributed by atoms with van der Waals surface area (Å²) in [6.07, 6.45) is 15.0. The Balaban J connectivity index is 0.000000467. The summed E-state index contributed by atoms with van der Waals surface area (Å²) >= 11 is -1.52. The van der Waals surface area contributed by atoms with Gasteiger partial charge in [0.1, 0.15) is 0 Å². The molecule has 0 bridgehead atoms. The van der Waals surface area contributed by atoms with E-state index in [1.54, 1.807) is 8.83 Å². The summed E-state index contributed by atoms with van der Waals surface area (Å²) in [5, 5.41) is 0. The molecule has 0 amide bonds. The Hall–Kier alpha value is -0.400. The van der Waals surface area contributed by atoms with Gasteiger partial charge in [0.25, 0.3) is 0 Å². The number of halogens is 2. The average Bonchev–Trinajstić information content (AvgIpc) is 3.36. The Morgan fingerprint density at radius 2 is 1.59 bits per heavy atom. The van der Waals surface area contributed by atoms with Gasteiger partial charge in [-0.3, -0.25) is 0 Å². The van der Waals surface area contributed by atoms with E-state index in [0.29, 0.717) is 0 Å². The largest absolute Gasteiger partial charge is 1.00 e. The van der Waals surface area contributed by atoms with E-state index >= 15 is 0 Å². The molecule has 0 fully saturated rings. The van der Waals surface area contributed by atoms with E-state index in [4.69, 9.17) is 0 Å². The molecular weight excluding hydrogens is 490 g/mol. The molecule has 155 valence electrons. The maximum atomic E-state index is 2.54. The van der Waals surface area contributed by atoms with Gasteiger partial charge in [-0.15, -0.1) is 0 Å². The molecule has 0 atom stereocenters. The van der Waals surface area contributed by atoms with Crippen molar-refractivity contribution < 1.29 is 45.7 Å². The fourth-order valence-corrected chi connectivity index (χ4v) is 19.4. The predicted molar refractivity (Wildman–Crippen MR) is 120 cm³/mol. The van der Waals surface area contributed by atoms with Gasteiger partial charge in [0, 0.05) is 0 Å². The monoisotopic (exact) mass is 521 g/mol. The summed E-state index contributed by atoms with van der Waals surface area (Å²) in [6.45, 7) is 7.09. The average molecular weight is 524 g/mol. The summed E-state index contributed by atoms with van der Waals surface area (Å²) in [7, 11) is 0. The van der Waals surface area contributed by atoms with Crippen molar-refractivity contribution in [2.45, 2.75) is 58.9 Å². The van der Waals surface area contributed by atoms with Crippen molar-refractivity contribution in [3.63, 3.8) is 0 Å². The van der Waals surface area contributed by atoms with Gasteiger partial charge in [-0.25, -0.2) is 0 Å². The van der Waals surface area contributed by atoms with Gasteiger partial charge in [0.05, 0.1) is 0 Å². The SMILES string of the molecule is CCCCCC.C[SiH2][Zr+2]([C]1=CC=CC1)[c]1cccc2c1Cc1ccccc1-2.[Cl-].[Cl-]. The molecule has 2 aromatic carbocycles. The van der Waals surface area contributed by atoms with E-state index in [9.17, 15) is 0 Å². The van der Waals surface area contributed by atoms with Crippen molar-refractivity contribution in [3.8, 4) is 11.1 Å². The summed E-state index contributed by atoms with van der Waals surface area (Å²) in [5.41, 5.74) is 6.21. The van der Waals surface area contributed by atoms with E-state index in [2.05, 4.69) is 81.1 Å². The minimum atomic E-state index is -1.52. The van der Waals surface area contributed by atoms with Crippen LogP contribution in [-0.2, 0) is 27.3 Å². The Bertz CT molecular complexity index is 825. The Kier molecular flexibility index (Phi) is 12.7. The second kappa shape index (κ2) is 13.8. The van der Waals surface area contributed by atoms with Crippen LogP contribution in [0.2, 0.25) is 6.55 Å². The predicted octanol–water partition coefficient (Wildman–Crippen LogP) is 0.0716. The van der Waals surface area contributed by atoms with Crippen molar-refractivity contribution in [3.05, 3.63) is 75.1 Å². The Morgan fingerprint density at radius 3 is 2.21 bits per heavy atom. The zero-order valence-electron chi connectivity index (χ0n) is 18.0. The van der Waals surface area contributed by atoms with Gasteiger partial charge in [0.15, 0.2) is 0 Å². The Labute approximate surface area is 199 Å². The quantitative estimate of drug-likeness (QED) is 0.317. The van der Waals surface area contributed by atoms with E-state index in [0.717, 1.165) is 0 Å². The molecule has 4 rings (SSSR count). The van der Waals surface area contributed by atoms with E-state index in [1.807, 2.05) is 3.28 Å². The van der Waals surface area contributed by atoms with Crippen LogP contribution in [0, 0.1) is 0 Å². The molecule has 2 aliphatic carbocycles. The molecule has 0 heterocycles. The van der Waals surface area contributed by atoms with Crippen molar-refractivity contribution in [1.29, 1.82) is 0 Å². The van der Waals surface area contributed by atoms with Crippen molar-refractivity contribution in [2.75, 3.05) is 0 Å². The number of rotatable bonds is 6. The number of benzene rings is 2. The topological polar surface area (TPSA) is 0 Å². The van der Waals surface area contributed by atoms with Gasteiger partial charge >= 0.3 is 136 Å². The molecule has 0 nitrogen and oxygen atoms in total. The Morgan fingerprint density at radius 1 is 0.897 bits per heavy atom. The van der Waals surface area contributed by atoms with Crippen LogP contribution >= 0.6 is 0 Å². The first-order valence-electron chi connectivity index (χ1n) is 10.7. The first-order valence-corrected chi connectivity index (χ1v) is 20.5. The number of hydrogen-bond donors (Lipinski definition) is 0. The molecular formula is C25H33Cl2SiZr. The third kappa shape index (κ3) is 6.54. The van der Waals surface area contributed by atoms with Crippen LogP contribution < -0.4 is 28.1 Å². The van der Waals surface area contributed by atoms with Crippen LogP contribution in [0.1, 0.15) is 57.1 Å². The molecule has 29 heavy (non-hydrogen) atoms. The number of unbranched alkanes of at least 4 members (excludes halogenated alkanes) is 3. The minimum Gasteiger partial charge on any atom is -1.00 e. The fraction of sp³-hybridized carbons (Fsp3) is 0.360. The summed E-state index contributed by atoms with van der Waals surface area (Å²) < 4.78 is 3.63. The van der Waals surface area contributed by atoms with Crippen molar-refractivity contribution >= 4 is 9.92 Å². The summed E-state index contributed by atoms with van der Waals surface area (Å²) in [5.74, 6) is 0. The molecule has 0 saturated heterocycles. The van der Waals surface area contributed by atoms with Crippen LogP contribution in [0.15, 0.2) is 64.0 Å². The molecule has 2 aromatic rings. The molecule has 0 spiro atoms. The summed E-state index contributed by atoms with van der Waals surface area (Å²) in [6, 6.07) is 16.1. The molecule has 2 aliphatic rings. The van der Waals surface area contributed by atoms with Crippen LogP contribution in [0.5, 0.6) is 0 Å². The van der Waals surface area contributed by atoms with Gasteiger partial charge in [-0.1, -0.05) is 39.5 Å². The molecule has 0 aliphatic heterocycles. The standard InChI is InChI=1S/C13H9.C6H14.C5H5.CH5Si.2ClH.Zr/c1-3-7-12-10(5-1)9-11-6-2-4-8-13(11)12;1-3-5-6-4-2;1-2-4-5-3-1;1-2;;;/h1-5,7-8H,9H2;3-6H2,1-2H3;1-3H,4H2;2H2,1H3;2*1H;/q;;;;;;+2/p-2. The smallest absolute Gasteiger partial charge is 1.00 e. The van der Waals surface area contributed by atoms with Crippen molar-refractivity contribution in [2.24, 2.45) is 0 Å². The maximum absolute atomic E-state index is 2.54. The first kappa shape index (κ1) is 26.6. The minimum absolute atomic E-state index is 0. The zero-order valence-corrected chi connectivity index (χ0v) is 23.4. The molecule has 0 unspecified atom stereocenters. The van der Waals surface area contributed by atoms with Crippen LogP contribution in [-0.4, -0.2) is 6.65 Å².